The van der Waals surface area contributed by atoms with Gasteiger partial charge in [0.1, 0.15) is 79.7 Å². The number of anilines is 4. The Morgan fingerprint density at radius 3 is 0.993 bits per heavy atom. The third kappa shape index (κ3) is 30.2. The van der Waals surface area contributed by atoms with E-state index in [2.05, 4.69) is 73.6 Å². The molecule has 5 heterocycles. The van der Waals surface area contributed by atoms with Crippen LogP contribution in [0.4, 0.5) is 115 Å². The average Bonchev–Trinajstić information content (AvgIpc) is 0.801. The summed E-state index contributed by atoms with van der Waals surface area (Å²) in [6.45, 7) is 11.9. The van der Waals surface area contributed by atoms with Crippen molar-refractivity contribution in [3.8, 4) is 97.7 Å². The number of ether oxygens (including phenoxy) is 13. The lowest BCUT2D eigenvalue weighted by molar-refractivity contribution is -0.275. The molecule has 52 heteroatoms. The van der Waals surface area contributed by atoms with Crippen molar-refractivity contribution in [1.29, 1.82) is 0 Å². The Balaban J connectivity index is 0.000000216. The summed E-state index contributed by atoms with van der Waals surface area (Å²) in [4.78, 5) is 94.2. The first kappa shape index (κ1) is 111. The first-order valence-corrected chi connectivity index (χ1v) is 40.5. The number of nitrogens with two attached hydrogens (primary N) is 2. The van der Waals surface area contributed by atoms with Crippen molar-refractivity contribution in [1.82, 2.24) is 24.9 Å². The van der Waals surface area contributed by atoms with Crippen LogP contribution in [0.1, 0.15) is 117 Å². The highest BCUT2D eigenvalue weighted by Crippen LogP contribution is 2.49. The molecule has 766 valence electrons. The molecule has 12 rings (SSSR count). The molecule has 0 atom stereocenters. The minimum atomic E-state index is -5.20. The number of pyridine rings is 5. The Hall–Kier alpha value is -17.2. The molecular formula is C93H71ClF21N11O19. The summed E-state index contributed by atoms with van der Waals surface area (Å²) in [5.74, 6) is -16.7. The molecule has 30 nitrogen and oxygen atoms in total. The summed E-state index contributed by atoms with van der Waals surface area (Å²) in [6.07, 6.45) is -24.8. The fourth-order valence-corrected chi connectivity index (χ4v) is 12.2. The number of rotatable bonds is 30. The first-order valence-electron chi connectivity index (χ1n) is 40.1. The summed E-state index contributed by atoms with van der Waals surface area (Å²) in [6, 6.07) is 26.6. The Kier molecular flexibility index (Phi) is 36.1. The number of hydrogen-bond acceptors (Lipinski definition) is 26. The highest BCUT2D eigenvalue weighted by Gasteiger charge is 2.44. The number of Topliss-reactive ketones (excluding diaryl/α,β-unsaturated/α-hetero) is 2. The number of carbonyl (C=O) groups is 6. The zero-order chi connectivity index (χ0) is 107. The van der Waals surface area contributed by atoms with Crippen LogP contribution in [0.3, 0.4) is 0 Å². The molecule has 4 amide bonds. The van der Waals surface area contributed by atoms with E-state index in [-0.39, 0.29) is 132 Å². The third-order valence-electron chi connectivity index (χ3n) is 18.5. The molecule has 0 spiro atoms. The molecule has 7 aromatic carbocycles. The maximum atomic E-state index is 15.2. The number of hydrogen-bond donors (Lipinski definition) is 6. The second kappa shape index (κ2) is 46.9. The molecule has 0 saturated carbocycles. The lowest BCUT2D eigenvalue weighted by Gasteiger charge is -2.20. The van der Waals surface area contributed by atoms with Crippen LogP contribution in [-0.4, -0.2) is 121 Å². The van der Waals surface area contributed by atoms with Crippen molar-refractivity contribution >= 4 is 80.9 Å². The Bertz CT molecular complexity index is 6870. The number of nitrogens with one attached hydrogen (secondary N) is 4. The Labute approximate surface area is 808 Å². The van der Waals surface area contributed by atoms with Crippen molar-refractivity contribution in [2.24, 2.45) is 11.5 Å². The van der Waals surface area contributed by atoms with Crippen LogP contribution in [0.15, 0.2) is 196 Å². The summed E-state index contributed by atoms with van der Waals surface area (Å²) >= 11 is 6.08. The molecule has 0 radical (unpaired) electrons. The highest BCUT2D eigenvalue weighted by molar-refractivity contribution is 6.31. The number of aromatic nitrogens is 5. The van der Waals surface area contributed by atoms with E-state index in [4.69, 9.17) is 70.4 Å². The van der Waals surface area contributed by atoms with Crippen LogP contribution in [0.5, 0.6) is 97.7 Å². The van der Waals surface area contributed by atoms with E-state index < -0.39 is 170 Å². The average molecular weight is 2080 g/mol. The van der Waals surface area contributed by atoms with Gasteiger partial charge in [-0.15, -0.1) is 39.5 Å². The first-order chi connectivity index (χ1) is 67.9. The summed E-state index contributed by atoms with van der Waals surface area (Å²) < 4.78 is 345. The van der Waals surface area contributed by atoms with Crippen LogP contribution < -0.4 is 94.3 Å². The number of amides is 4. The predicted molar refractivity (Wildman–Crippen MR) is 473 cm³/mol. The molecule has 0 aliphatic rings. The molecule has 12 aromatic rings. The molecule has 0 bridgehead atoms. The number of nitrogens with zero attached hydrogens (tertiary/aromatic N) is 5. The topological polar surface area (TPSA) is 387 Å². The van der Waals surface area contributed by atoms with Gasteiger partial charge >= 0.3 is 37.6 Å². The van der Waals surface area contributed by atoms with Gasteiger partial charge in [0.15, 0.2) is 86.4 Å². The van der Waals surface area contributed by atoms with Gasteiger partial charge in [-0.3, -0.25) is 48.7 Å². The molecule has 0 aliphatic heterocycles. The van der Waals surface area contributed by atoms with Crippen LogP contribution >= 0.6 is 11.6 Å². The zero-order valence-corrected chi connectivity index (χ0v) is 76.2. The van der Waals surface area contributed by atoms with E-state index in [1.165, 1.54) is 147 Å². The number of halogens is 22. The highest BCUT2D eigenvalue weighted by atomic mass is 35.5. The molecule has 0 saturated heterocycles. The fraction of sp³-hybridized carbons (Fsp3) is 0.172. The maximum absolute atomic E-state index is 15.2. The van der Waals surface area contributed by atoms with Gasteiger partial charge in [0.2, 0.25) is 0 Å². The van der Waals surface area contributed by atoms with E-state index in [0.717, 1.165) is 74.9 Å². The molecule has 145 heavy (non-hydrogen) atoms. The van der Waals surface area contributed by atoms with Crippen LogP contribution in [0.25, 0.3) is 11.4 Å². The Morgan fingerprint density at radius 2 is 0.662 bits per heavy atom. The van der Waals surface area contributed by atoms with E-state index in [1.807, 2.05) is 0 Å². The van der Waals surface area contributed by atoms with Crippen LogP contribution in [-0.2, 0) is 18.5 Å². The van der Waals surface area contributed by atoms with E-state index >= 15 is 13.2 Å². The standard InChI is InChI=1S/C24H19F6N3O6.C23H17ClF4N2O5.C23H16F7N3O4.C23H19F4N3O4/c1-4-37-20-19(22(35)33-13-7-8-31-15(9-13)12(2)34)18(11-32-21(20)23(25,26)27)38-16-6-5-14(10-17(16)36-3)39-24(28,29)30;1-11-15(24)10-19(34-17-5-4-14(9-18(17)33-3)35-23(26,27)28)20(21(11)25)22(32)30-13-6-7-29-16(8-13)12(2)31;1-11(31)15-9-12(7-8-32-15)33-21(34)19-17(6-4-14(20(19)24)22(25,26)27)36-16-5-3-13(35-2)10-18(16)37-23(28,29)30;1-12(28)16-10-13(8-9-29-16)30-22(31)20-18(7-5-15(21(20)24)23(25,26)27)34-17-6-4-14(32-2)11-19(17)33-3/h5-11H,4H2,1-3H3,(H,31,33,35);4-10H,1-3H3,(H,29,30,32);3-10H,1,31H2,2H3,(H,32,33,34);4-11H,1,28H2,2-3H3,(H,29,30,31). The molecule has 8 N–H and O–H groups in total. The van der Waals surface area contributed by atoms with Crippen molar-refractivity contribution in [2.45, 2.75) is 65.3 Å². The van der Waals surface area contributed by atoms with Crippen molar-refractivity contribution in [3.05, 3.63) is 286 Å². The minimum absolute atomic E-state index is 0.00192. The van der Waals surface area contributed by atoms with Crippen LogP contribution in [0.2, 0.25) is 5.02 Å². The quantitative estimate of drug-likeness (QED) is 0.0180. The SMILES string of the molecule is C=C(N)c1cc(NC(=O)c2c(Oc3ccc(OC)cc3OC(F)(F)F)ccc(C(F)(F)F)c2F)ccn1.C=C(N)c1cc(NC(=O)c2c(Oc3ccc(OC)cc3OC)ccc(C(F)(F)F)c2F)ccn1.CCOc1c(C(F)(F)F)ncc(Oc2ccc(OC(F)(F)F)cc2OC)c1C(=O)Nc1ccnc(C(C)=O)c1.COc1cc(OC(F)(F)F)ccc1Oc1cc(Cl)c(C)c(F)c1C(=O)Nc1ccnc(C(C)=O)c1. The monoisotopic (exact) mass is 2080 g/mol. The van der Waals surface area contributed by atoms with Gasteiger partial charge in [0.05, 0.1) is 87.3 Å². The predicted octanol–water partition coefficient (Wildman–Crippen LogP) is 23.7. The number of ketones is 2. The molecule has 0 aliphatic carbocycles. The normalized spacial score (nSPS) is 11.3. The smallest absolute Gasteiger partial charge is 0.497 e. The molecule has 5 aromatic heterocycles. The van der Waals surface area contributed by atoms with E-state index in [0.29, 0.717) is 24.1 Å². The number of methoxy groups -OCH3 is 5. The van der Waals surface area contributed by atoms with E-state index in [9.17, 15) is 108 Å². The largest absolute Gasteiger partial charge is 0.573 e. The second-order valence-corrected chi connectivity index (χ2v) is 29.0. The summed E-state index contributed by atoms with van der Waals surface area (Å²) in [7, 11) is 6.18. The van der Waals surface area contributed by atoms with Gasteiger partial charge in [-0.25, -0.2) is 18.2 Å². The van der Waals surface area contributed by atoms with Gasteiger partial charge in [-0.2, -0.15) is 39.5 Å². The lowest BCUT2D eigenvalue weighted by atomic mass is 10.1. The minimum Gasteiger partial charge on any atom is -0.497 e. The van der Waals surface area contributed by atoms with Gasteiger partial charge in [0.25, 0.3) is 23.6 Å². The number of benzene rings is 7. The van der Waals surface area contributed by atoms with Gasteiger partial charge < -0.3 is 94.3 Å². The van der Waals surface area contributed by atoms with Crippen molar-refractivity contribution in [3.63, 3.8) is 0 Å². The van der Waals surface area contributed by atoms with Crippen LogP contribution in [0, 0.1) is 24.4 Å². The fourth-order valence-electron chi connectivity index (χ4n) is 12.0. The summed E-state index contributed by atoms with van der Waals surface area (Å²) in [5, 5.41) is 9.26. The van der Waals surface area contributed by atoms with Gasteiger partial charge in [-0.1, -0.05) is 24.8 Å². The molecule has 0 fully saturated rings. The number of alkyl halides is 18. The molecule has 0 unspecified atom stereocenters. The zero-order valence-electron chi connectivity index (χ0n) is 75.4. The number of carbonyl (C=O) groups excluding carboxylic acids is 6. The Morgan fingerprint density at radius 1 is 0.352 bits per heavy atom. The van der Waals surface area contributed by atoms with Gasteiger partial charge in [0, 0.05) is 97.3 Å². The summed E-state index contributed by atoms with van der Waals surface area (Å²) in [5.41, 5.74) is 3.37. The van der Waals surface area contributed by atoms with Crippen molar-refractivity contribution < 1.29 is 183 Å². The maximum Gasteiger partial charge on any atom is 0.573 e. The van der Waals surface area contributed by atoms with E-state index in [1.54, 1.807) is 0 Å². The third-order valence-corrected chi connectivity index (χ3v) is 18.9. The molecular weight excluding hydrogens is 2010 g/mol. The van der Waals surface area contributed by atoms with Gasteiger partial charge in [-0.05, 0) is 135 Å². The van der Waals surface area contributed by atoms with Crippen molar-refractivity contribution in [2.75, 3.05) is 63.4 Å². The second-order valence-electron chi connectivity index (χ2n) is 28.6. The lowest BCUT2D eigenvalue weighted by Crippen LogP contribution is -2.20.